The fourth-order valence-electron chi connectivity index (χ4n) is 1.06. The summed E-state index contributed by atoms with van der Waals surface area (Å²) in [5.74, 6) is 0.580. The standard InChI is InChI=1S/C10H24N4/c1-4-7-12-10(11)13-8-5-6-9-14(2)3/h4-9H2,1-3H3,(H3,11,12,13). The lowest BCUT2D eigenvalue weighted by atomic mass is 10.3. The van der Waals surface area contributed by atoms with Crippen LogP contribution in [-0.2, 0) is 0 Å². The van der Waals surface area contributed by atoms with Gasteiger partial charge in [-0.2, -0.15) is 0 Å². The number of aliphatic imine (C=N–C) groups is 1. The van der Waals surface area contributed by atoms with Crippen molar-refractivity contribution in [2.45, 2.75) is 26.2 Å². The van der Waals surface area contributed by atoms with E-state index >= 15 is 0 Å². The third-order valence-corrected chi connectivity index (χ3v) is 1.84. The van der Waals surface area contributed by atoms with Crippen LogP contribution in [0.4, 0.5) is 0 Å². The van der Waals surface area contributed by atoms with E-state index in [9.17, 15) is 0 Å². The summed E-state index contributed by atoms with van der Waals surface area (Å²) in [6.07, 6.45) is 3.38. The molecule has 0 fully saturated rings. The lowest BCUT2D eigenvalue weighted by Gasteiger charge is -2.09. The van der Waals surface area contributed by atoms with Crippen molar-refractivity contribution in [1.82, 2.24) is 10.2 Å². The van der Waals surface area contributed by atoms with Crippen LogP contribution in [-0.4, -0.2) is 44.6 Å². The summed E-state index contributed by atoms with van der Waals surface area (Å²) >= 11 is 0. The first kappa shape index (κ1) is 13.2. The molecule has 0 aliphatic rings. The number of guanidine groups is 1. The van der Waals surface area contributed by atoms with E-state index in [-0.39, 0.29) is 0 Å². The molecule has 84 valence electrons. The van der Waals surface area contributed by atoms with Gasteiger partial charge in [0.15, 0.2) is 5.96 Å². The van der Waals surface area contributed by atoms with Crippen LogP contribution < -0.4 is 11.1 Å². The Morgan fingerprint density at radius 1 is 1.36 bits per heavy atom. The van der Waals surface area contributed by atoms with Crippen molar-refractivity contribution >= 4 is 5.96 Å². The van der Waals surface area contributed by atoms with E-state index < -0.39 is 0 Å². The Morgan fingerprint density at radius 2 is 2.07 bits per heavy atom. The minimum atomic E-state index is 0.580. The van der Waals surface area contributed by atoms with Crippen molar-refractivity contribution in [3.05, 3.63) is 0 Å². The summed E-state index contributed by atoms with van der Waals surface area (Å²) in [4.78, 5) is 6.34. The van der Waals surface area contributed by atoms with Crippen molar-refractivity contribution in [1.29, 1.82) is 0 Å². The molecule has 0 aromatic heterocycles. The largest absolute Gasteiger partial charge is 0.370 e. The molecule has 0 bridgehead atoms. The highest BCUT2D eigenvalue weighted by molar-refractivity contribution is 5.77. The van der Waals surface area contributed by atoms with Gasteiger partial charge in [-0.15, -0.1) is 0 Å². The number of nitrogens with two attached hydrogens (primary N) is 1. The van der Waals surface area contributed by atoms with E-state index in [1.54, 1.807) is 0 Å². The van der Waals surface area contributed by atoms with Gasteiger partial charge in [0.05, 0.1) is 0 Å². The molecule has 14 heavy (non-hydrogen) atoms. The van der Waals surface area contributed by atoms with Crippen LogP contribution in [0, 0.1) is 0 Å². The van der Waals surface area contributed by atoms with Crippen molar-refractivity contribution in [3.8, 4) is 0 Å². The monoisotopic (exact) mass is 200 g/mol. The predicted octanol–water partition coefficient (Wildman–Crippen LogP) is 0.643. The lowest BCUT2D eigenvalue weighted by Crippen LogP contribution is -2.32. The molecule has 0 rings (SSSR count). The Labute approximate surface area is 87.6 Å². The van der Waals surface area contributed by atoms with Gasteiger partial charge in [0.1, 0.15) is 0 Å². The Bertz CT molecular complexity index is 154. The minimum Gasteiger partial charge on any atom is -0.370 e. The first-order valence-electron chi connectivity index (χ1n) is 5.35. The molecule has 0 saturated carbocycles. The zero-order valence-corrected chi connectivity index (χ0v) is 9.71. The highest BCUT2D eigenvalue weighted by Gasteiger charge is 1.92. The third-order valence-electron chi connectivity index (χ3n) is 1.84. The van der Waals surface area contributed by atoms with Crippen LogP contribution in [0.25, 0.3) is 0 Å². The molecule has 0 amide bonds. The van der Waals surface area contributed by atoms with Crippen LogP contribution in [0.15, 0.2) is 4.99 Å². The number of unbranched alkanes of at least 4 members (excludes halogenated alkanes) is 1. The Morgan fingerprint density at radius 3 is 2.64 bits per heavy atom. The molecule has 4 heteroatoms. The van der Waals surface area contributed by atoms with Gasteiger partial charge < -0.3 is 16.0 Å². The van der Waals surface area contributed by atoms with Crippen molar-refractivity contribution in [2.24, 2.45) is 10.7 Å². The summed E-state index contributed by atoms with van der Waals surface area (Å²) < 4.78 is 0. The normalized spacial score (nSPS) is 12.1. The van der Waals surface area contributed by atoms with Crippen LogP contribution in [0.3, 0.4) is 0 Å². The van der Waals surface area contributed by atoms with Gasteiger partial charge in [-0.1, -0.05) is 6.92 Å². The first-order chi connectivity index (χ1) is 6.66. The molecule has 0 aromatic carbocycles. The molecule has 0 radical (unpaired) electrons. The fraction of sp³-hybridized carbons (Fsp3) is 0.900. The topological polar surface area (TPSA) is 53.6 Å². The summed E-state index contributed by atoms with van der Waals surface area (Å²) in [5.41, 5.74) is 5.63. The maximum absolute atomic E-state index is 5.63. The van der Waals surface area contributed by atoms with Crippen LogP contribution in [0.1, 0.15) is 26.2 Å². The average molecular weight is 200 g/mol. The van der Waals surface area contributed by atoms with Gasteiger partial charge >= 0.3 is 0 Å². The Hall–Kier alpha value is -0.770. The van der Waals surface area contributed by atoms with Gasteiger partial charge in [-0.3, -0.25) is 4.99 Å². The Balaban J connectivity index is 3.27. The maximum atomic E-state index is 5.63. The smallest absolute Gasteiger partial charge is 0.188 e. The molecule has 0 aliphatic carbocycles. The number of rotatable bonds is 7. The van der Waals surface area contributed by atoms with Gasteiger partial charge in [-0.25, -0.2) is 0 Å². The van der Waals surface area contributed by atoms with E-state index in [0.717, 1.165) is 32.5 Å². The minimum absolute atomic E-state index is 0.580. The zero-order valence-electron chi connectivity index (χ0n) is 9.71. The molecule has 0 atom stereocenters. The highest BCUT2D eigenvalue weighted by Crippen LogP contribution is 1.88. The second-order valence-electron chi connectivity index (χ2n) is 3.70. The fourth-order valence-corrected chi connectivity index (χ4v) is 1.06. The number of nitrogens with one attached hydrogen (secondary N) is 1. The number of hydrogen-bond acceptors (Lipinski definition) is 2. The summed E-state index contributed by atoms with van der Waals surface area (Å²) in [6.45, 7) is 4.96. The zero-order chi connectivity index (χ0) is 10.8. The number of nitrogens with zero attached hydrogens (tertiary/aromatic N) is 2. The predicted molar refractivity (Wildman–Crippen MR) is 62.6 cm³/mol. The second-order valence-corrected chi connectivity index (χ2v) is 3.70. The molecule has 0 saturated heterocycles. The third kappa shape index (κ3) is 9.32. The highest BCUT2D eigenvalue weighted by atomic mass is 15.1. The van der Waals surface area contributed by atoms with Gasteiger partial charge in [0, 0.05) is 13.1 Å². The SMILES string of the molecule is CCCN=C(N)NCCCCN(C)C. The molecule has 0 unspecified atom stereocenters. The van der Waals surface area contributed by atoms with E-state index in [1.165, 1.54) is 6.42 Å². The van der Waals surface area contributed by atoms with Crippen LogP contribution in [0.2, 0.25) is 0 Å². The molecule has 3 N–H and O–H groups in total. The summed E-state index contributed by atoms with van der Waals surface area (Å²) in [7, 11) is 4.18. The van der Waals surface area contributed by atoms with Crippen molar-refractivity contribution < 1.29 is 0 Å². The van der Waals surface area contributed by atoms with E-state index in [2.05, 4.69) is 36.2 Å². The van der Waals surface area contributed by atoms with E-state index in [4.69, 9.17) is 5.73 Å². The summed E-state index contributed by atoms with van der Waals surface area (Å²) in [6, 6.07) is 0. The Kier molecular flexibility index (Phi) is 8.33. The van der Waals surface area contributed by atoms with Gasteiger partial charge in [0.25, 0.3) is 0 Å². The molecule has 4 nitrogen and oxygen atoms in total. The van der Waals surface area contributed by atoms with Crippen molar-refractivity contribution in [2.75, 3.05) is 33.7 Å². The molecular formula is C10H24N4. The molecule has 0 heterocycles. The average Bonchev–Trinajstić information content (AvgIpc) is 2.13. The van der Waals surface area contributed by atoms with Crippen molar-refractivity contribution in [3.63, 3.8) is 0 Å². The number of hydrogen-bond donors (Lipinski definition) is 2. The van der Waals surface area contributed by atoms with E-state index in [0.29, 0.717) is 5.96 Å². The first-order valence-corrected chi connectivity index (χ1v) is 5.35. The molecule has 0 aliphatic heterocycles. The van der Waals surface area contributed by atoms with Crippen LogP contribution >= 0.6 is 0 Å². The molecular weight excluding hydrogens is 176 g/mol. The van der Waals surface area contributed by atoms with Gasteiger partial charge in [0.2, 0.25) is 0 Å². The van der Waals surface area contributed by atoms with E-state index in [1.807, 2.05) is 0 Å². The maximum Gasteiger partial charge on any atom is 0.188 e. The quantitative estimate of drug-likeness (QED) is 0.360. The molecule has 0 spiro atoms. The molecule has 0 aromatic rings. The van der Waals surface area contributed by atoms with Crippen LogP contribution in [0.5, 0.6) is 0 Å². The van der Waals surface area contributed by atoms with Gasteiger partial charge in [-0.05, 0) is 39.9 Å². The summed E-state index contributed by atoms with van der Waals surface area (Å²) in [5, 5.41) is 3.10. The lowest BCUT2D eigenvalue weighted by molar-refractivity contribution is 0.394. The second kappa shape index (κ2) is 8.81.